The van der Waals surface area contributed by atoms with Crippen LogP contribution in [-0.4, -0.2) is 17.1 Å². The summed E-state index contributed by atoms with van der Waals surface area (Å²) in [5.41, 5.74) is 1.90. The fourth-order valence-electron chi connectivity index (χ4n) is 4.08. The van der Waals surface area contributed by atoms with Gasteiger partial charge in [-0.15, -0.1) is 0 Å². The number of halogens is 2. The van der Waals surface area contributed by atoms with Gasteiger partial charge < -0.3 is 9.15 Å². The molecule has 1 unspecified atom stereocenters. The van der Waals surface area contributed by atoms with Crippen LogP contribution in [0, 0.1) is 5.82 Å². The maximum atomic E-state index is 13.6. The minimum atomic E-state index is -0.717. The zero-order chi connectivity index (χ0) is 25.4. The molecule has 2 aromatic carbocycles. The molecule has 9 heteroatoms. The average Bonchev–Trinajstić information content (AvgIpc) is 3.44. The molecule has 182 valence electrons. The van der Waals surface area contributed by atoms with Crippen LogP contribution in [-0.2, 0) is 9.53 Å². The largest absolute Gasteiger partial charge is 0.463 e. The predicted molar refractivity (Wildman–Crippen MR) is 136 cm³/mol. The van der Waals surface area contributed by atoms with Gasteiger partial charge in [-0.25, -0.2) is 14.2 Å². The van der Waals surface area contributed by atoms with Gasteiger partial charge in [0, 0.05) is 16.7 Å². The number of thiazole rings is 1. The monoisotopic (exact) mass is 522 g/mol. The maximum absolute atomic E-state index is 13.6. The van der Waals surface area contributed by atoms with Crippen LogP contribution in [0.4, 0.5) is 4.39 Å². The summed E-state index contributed by atoms with van der Waals surface area (Å²) in [7, 11) is 0. The number of aromatic nitrogens is 1. The molecule has 0 N–H and O–H groups in total. The molecule has 4 aromatic rings. The molecule has 36 heavy (non-hydrogen) atoms. The van der Waals surface area contributed by atoms with Crippen LogP contribution in [0.15, 0.2) is 86.1 Å². The lowest BCUT2D eigenvalue weighted by atomic mass is 9.96. The van der Waals surface area contributed by atoms with Gasteiger partial charge in [0.1, 0.15) is 17.3 Å². The maximum Gasteiger partial charge on any atom is 0.338 e. The van der Waals surface area contributed by atoms with Crippen LogP contribution in [0.25, 0.3) is 17.4 Å². The molecular formula is C27H20ClFN2O4S. The minimum absolute atomic E-state index is 0.197. The highest BCUT2D eigenvalue weighted by molar-refractivity contribution is 7.07. The normalized spacial score (nSPS) is 15.6. The van der Waals surface area contributed by atoms with Gasteiger partial charge in [-0.2, -0.15) is 0 Å². The van der Waals surface area contributed by atoms with E-state index in [0.29, 0.717) is 42.7 Å². The molecule has 1 aliphatic heterocycles. The second-order valence-electron chi connectivity index (χ2n) is 8.06. The molecule has 5 rings (SSSR count). The minimum Gasteiger partial charge on any atom is -0.463 e. The number of furan rings is 1. The lowest BCUT2D eigenvalue weighted by Gasteiger charge is -2.24. The first kappa shape index (κ1) is 24.0. The Morgan fingerprint density at radius 2 is 1.89 bits per heavy atom. The van der Waals surface area contributed by atoms with E-state index in [9.17, 15) is 14.0 Å². The Balaban J connectivity index is 1.63. The second-order valence-corrected chi connectivity index (χ2v) is 9.51. The molecule has 0 amide bonds. The van der Waals surface area contributed by atoms with E-state index in [0.717, 1.165) is 5.56 Å². The second kappa shape index (κ2) is 9.72. The van der Waals surface area contributed by atoms with Gasteiger partial charge in [0.25, 0.3) is 5.56 Å². The average molecular weight is 523 g/mol. The third kappa shape index (κ3) is 4.45. The Morgan fingerprint density at radius 1 is 1.17 bits per heavy atom. The zero-order valence-corrected chi connectivity index (χ0v) is 20.9. The highest BCUT2D eigenvalue weighted by atomic mass is 35.5. The van der Waals surface area contributed by atoms with Gasteiger partial charge in [0.15, 0.2) is 4.80 Å². The molecule has 1 aliphatic rings. The van der Waals surface area contributed by atoms with Gasteiger partial charge in [0.05, 0.1) is 28.5 Å². The number of rotatable bonds is 5. The standard InChI is InChI=1S/C27H20ClFN2O4S/c1-3-34-26(33)23-15(2)30-27-31(24(23)17-4-8-18(28)9-5-17)25(32)22(36-27)14-20-12-13-21(35-20)16-6-10-19(29)11-7-16/h4-14,24H,3H2,1-2H3/b22-14-. The van der Waals surface area contributed by atoms with Crippen LogP contribution in [0.5, 0.6) is 0 Å². The van der Waals surface area contributed by atoms with Crippen LogP contribution >= 0.6 is 22.9 Å². The van der Waals surface area contributed by atoms with Crippen molar-refractivity contribution in [1.82, 2.24) is 4.57 Å². The van der Waals surface area contributed by atoms with Crippen LogP contribution in [0.2, 0.25) is 5.02 Å². The van der Waals surface area contributed by atoms with E-state index in [2.05, 4.69) is 4.99 Å². The molecule has 0 fully saturated rings. The number of esters is 1. The third-order valence-corrected chi connectivity index (χ3v) is 6.97. The van der Waals surface area contributed by atoms with Crippen molar-refractivity contribution >= 4 is 35.0 Å². The van der Waals surface area contributed by atoms with Gasteiger partial charge in [0.2, 0.25) is 0 Å². The highest BCUT2D eigenvalue weighted by Gasteiger charge is 2.33. The summed E-state index contributed by atoms with van der Waals surface area (Å²) < 4.78 is 26.3. The van der Waals surface area contributed by atoms with E-state index in [1.807, 2.05) is 0 Å². The first-order chi connectivity index (χ1) is 17.4. The summed E-state index contributed by atoms with van der Waals surface area (Å²) in [5.74, 6) is 0.153. The van der Waals surface area contributed by atoms with Gasteiger partial charge in [-0.3, -0.25) is 9.36 Å². The summed E-state index contributed by atoms with van der Waals surface area (Å²) in [6, 6.07) is 15.7. The zero-order valence-electron chi connectivity index (χ0n) is 19.3. The number of ether oxygens (including phenoxy) is 1. The quantitative estimate of drug-likeness (QED) is 0.351. The number of carbonyl (C=O) groups excluding carboxylic acids is 1. The van der Waals surface area contributed by atoms with E-state index in [1.165, 1.54) is 28.0 Å². The van der Waals surface area contributed by atoms with E-state index in [4.69, 9.17) is 20.8 Å². The van der Waals surface area contributed by atoms with Gasteiger partial charge in [-0.05, 0) is 67.9 Å². The third-order valence-electron chi connectivity index (χ3n) is 5.73. The fraction of sp³-hybridized carbons (Fsp3) is 0.148. The van der Waals surface area contributed by atoms with Crippen LogP contribution in [0.1, 0.15) is 31.2 Å². The van der Waals surface area contributed by atoms with Crippen molar-refractivity contribution < 1.29 is 18.3 Å². The fourth-order valence-corrected chi connectivity index (χ4v) is 5.23. The van der Waals surface area contributed by atoms with Crippen molar-refractivity contribution in [1.29, 1.82) is 0 Å². The Labute approximate surface area is 214 Å². The van der Waals surface area contributed by atoms with E-state index in [-0.39, 0.29) is 18.0 Å². The molecule has 6 nitrogen and oxygen atoms in total. The van der Waals surface area contributed by atoms with E-state index >= 15 is 0 Å². The summed E-state index contributed by atoms with van der Waals surface area (Å²) in [4.78, 5) is 31.5. The number of nitrogens with zero attached hydrogens (tertiary/aromatic N) is 2. The van der Waals surface area contributed by atoms with Crippen molar-refractivity contribution in [2.75, 3.05) is 6.61 Å². The number of carbonyl (C=O) groups is 1. The number of hydrogen-bond donors (Lipinski definition) is 0. The predicted octanol–water partition coefficient (Wildman–Crippen LogP) is 4.85. The highest BCUT2D eigenvalue weighted by Crippen LogP contribution is 2.31. The number of fused-ring (bicyclic) bond motifs is 1. The van der Waals surface area contributed by atoms with Crippen LogP contribution in [0.3, 0.4) is 0 Å². The Morgan fingerprint density at radius 3 is 2.58 bits per heavy atom. The molecule has 2 aromatic heterocycles. The van der Waals surface area contributed by atoms with Crippen molar-refractivity contribution in [2.45, 2.75) is 19.9 Å². The molecule has 0 radical (unpaired) electrons. The van der Waals surface area contributed by atoms with Gasteiger partial charge in [-0.1, -0.05) is 35.1 Å². The van der Waals surface area contributed by atoms with Crippen LogP contribution < -0.4 is 14.9 Å². The Hall–Kier alpha value is -3.75. The molecule has 0 spiro atoms. The number of benzene rings is 2. The Bertz CT molecular complexity index is 1660. The molecule has 0 saturated heterocycles. The molecule has 0 bridgehead atoms. The first-order valence-electron chi connectivity index (χ1n) is 11.2. The summed E-state index contributed by atoms with van der Waals surface area (Å²) >= 11 is 7.29. The van der Waals surface area contributed by atoms with Crippen molar-refractivity contribution in [3.63, 3.8) is 0 Å². The summed E-state index contributed by atoms with van der Waals surface area (Å²) in [6.07, 6.45) is 1.64. The number of allylic oxidation sites excluding steroid dienone is 1. The van der Waals surface area contributed by atoms with Gasteiger partial charge >= 0.3 is 5.97 Å². The van der Waals surface area contributed by atoms with Crippen molar-refractivity contribution in [3.05, 3.63) is 114 Å². The van der Waals surface area contributed by atoms with Crippen molar-refractivity contribution in [2.24, 2.45) is 4.99 Å². The lowest BCUT2D eigenvalue weighted by Crippen LogP contribution is -2.39. The smallest absolute Gasteiger partial charge is 0.338 e. The van der Waals surface area contributed by atoms with E-state index < -0.39 is 12.0 Å². The molecular weight excluding hydrogens is 503 g/mol. The van der Waals surface area contributed by atoms with E-state index in [1.54, 1.807) is 68.5 Å². The first-order valence-corrected chi connectivity index (χ1v) is 12.4. The molecule has 0 aliphatic carbocycles. The topological polar surface area (TPSA) is 73.8 Å². The van der Waals surface area contributed by atoms with Crippen molar-refractivity contribution in [3.8, 4) is 11.3 Å². The lowest BCUT2D eigenvalue weighted by molar-refractivity contribution is -0.139. The SMILES string of the molecule is CCOC(=O)C1=C(C)N=c2s/c(=C\c3ccc(-c4ccc(F)cc4)o3)c(=O)n2C1c1ccc(Cl)cc1. The molecule has 1 atom stereocenters. The Kier molecular flexibility index (Phi) is 6.47. The number of hydrogen-bond acceptors (Lipinski definition) is 6. The molecule has 3 heterocycles. The summed E-state index contributed by atoms with van der Waals surface area (Å²) in [6.45, 7) is 3.65. The molecule has 0 saturated carbocycles. The summed E-state index contributed by atoms with van der Waals surface area (Å²) in [5, 5.41) is 0.541.